The molecule has 0 N–H and O–H groups in total. The maximum absolute atomic E-state index is 15.4. The van der Waals surface area contributed by atoms with Crippen molar-refractivity contribution in [3.05, 3.63) is 89.4 Å². The lowest BCUT2D eigenvalue weighted by Gasteiger charge is -2.18. The summed E-state index contributed by atoms with van der Waals surface area (Å²) in [6, 6.07) is 20.7. The Morgan fingerprint density at radius 1 is 0.868 bits per heavy atom. The molecule has 0 aliphatic heterocycles. The average molecular weight is 507 g/mol. The van der Waals surface area contributed by atoms with Gasteiger partial charge in [0.1, 0.15) is 24.0 Å². The molecule has 0 amide bonds. The van der Waals surface area contributed by atoms with E-state index in [1.54, 1.807) is 6.07 Å². The van der Waals surface area contributed by atoms with E-state index in [4.69, 9.17) is 4.42 Å². The fraction of sp³-hybridized carbons (Fsp3) is 0.343. The minimum Gasteiger partial charge on any atom is -0.454 e. The van der Waals surface area contributed by atoms with Crippen LogP contribution in [0.15, 0.2) is 71.3 Å². The average Bonchev–Trinajstić information content (AvgIpc) is 3.53. The van der Waals surface area contributed by atoms with Gasteiger partial charge in [-0.15, -0.1) is 0 Å². The highest BCUT2D eigenvalue weighted by Gasteiger charge is 2.25. The molecule has 6 rings (SSSR count). The summed E-state index contributed by atoms with van der Waals surface area (Å²) in [6.07, 6.45) is 8.24. The van der Waals surface area contributed by atoms with Gasteiger partial charge in [0.25, 0.3) is 0 Å². The molecule has 2 nitrogen and oxygen atoms in total. The van der Waals surface area contributed by atoms with Crippen molar-refractivity contribution in [1.29, 1.82) is 0 Å². The quantitative estimate of drug-likeness (QED) is 0.222. The lowest BCUT2D eigenvalue weighted by Crippen LogP contribution is -2.31. The summed E-state index contributed by atoms with van der Waals surface area (Å²) in [5.41, 5.74) is 9.02. The molecular formula is C35H37FNO+. The van der Waals surface area contributed by atoms with E-state index in [9.17, 15) is 0 Å². The number of fused-ring (bicyclic) bond motifs is 3. The number of nitrogens with zero attached hydrogens (tertiary/aromatic N) is 1. The van der Waals surface area contributed by atoms with Gasteiger partial charge in [-0.05, 0) is 71.9 Å². The second-order valence-corrected chi connectivity index (χ2v) is 12.4. The maximum atomic E-state index is 15.4. The minimum atomic E-state index is -0.249. The third kappa shape index (κ3) is 4.42. The van der Waals surface area contributed by atoms with Crippen LogP contribution in [0.5, 0.6) is 0 Å². The molecule has 194 valence electrons. The molecule has 0 atom stereocenters. The molecule has 2 aromatic heterocycles. The molecule has 2 heterocycles. The molecule has 1 saturated carbocycles. The maximum Gasteiger partial charge on any atom is 0.216 e. The van der Waals surface area contributed by atoms with Crippen molar-refractivity contribution in [2.24, 2.45) is 12.5 Å². The van der Waals surface area contributed by atoms with E-state index in [0.29, 0.717) is 17.1 Å². The van der Waals surface area contributed by atoms with E-state index in [0.717, 1.165) is 45.2 Å². The molecule has 3 heteroatoms. The Morgan fingerprint density at radius 2 is 1.53 bits per heavy atom. The molecule has 1 aliphatic carbocycles. The van der Waals surface area contributed by atoms with Crippen LogP contribution in [-0.2, 0) is 13.5 Å². The zero-order chi connectivity index (χ0) is 26.6. The Bertz CT molecular complexity index is 1650. The van der Waals surface area contributed by atoms with Crippen molar-refractivity contribution >= 4 is 21.9 Å². The highest BCUT2D eigenvalue weighted by molar-refractivity contribution is 6.13. The molecule has 0 bridgehead atoms. The zero-order valence-electron chi connectivity index (χ0n) is 23.2. The van der Waals surface area contributed by atoms with Crippen molar-refractivity contribution in [1.82, 2.24) is 0 Å². The van der Waals surface area contributed by atoms with Gasteiger partial charge in [0, 0.05) is 22.9 Å². The summed E-state index contributed by atoms with van der Waals surface area (Å²) in [7, 11) is 2.08. The molecule has 0 unspecified atom stereocenters. The van der Waals surface area contributed by atoms with E-state index in [1.165, 1.54) is 36.8 Å². The molecular weight excluding hydrogens is 469 g/mol. The number of benzene rings is 3. The van der Waals surface area contributed by atoms with Crippen molar-refractivity contribution < 1.29 is 13.4 Å². The first kappa shape index (κ1) is 24.9. The van der Waals surface area contributed by atoms with Crippen LogP contribution in [0.3, 0.4) is 0 Å². The standard InChI is InChI=1S/C35H37FNO/c1-22-10-15-27-28-16-17-29(36)32(26-13-11-25(12-14-26)24-8-6-7-9-24)34(28)38-33(27)31(22)30-20-23(18-19-37(30)5)21-35(2,3)4/h10-20,24H,6-9,21H2,1-5H3/q+1. The first-order valence-corrected chi connectivity index (χ1v) is 13.9. The minimum absolute atomic E-state index is 0.192. The predicted molar refractivity (Wildman–Crippen MR) is 155 cm³/mol. The fourth-order valence-corrected chi connectivity index (χ4v) is 6.33. The number of rotatable bonds is 4. The van der Waals surface area contributed by atoms with Gasteiger partial charge in [-0.25, -0.2) is 8.96 Å². The van der Waals surface area contributed by atoms with Crippen LogP contribution in [0, 0.1) is 18.2 Å². The van der Waals surface area contributed by atoms with Crippen molar-refractivity contribution in [3.8, 4) is 22.4 Å². The number of halogens is 1. The summed E-state index contributed by atoms with van der Waals surface area (Å²) in [4.78, 5) is 0. The second kappa shape index (κ2) is 9.38. The van der Waals surface area contributed by atoms with Gasteiger partial charge < -0.3 is 4.42 Å². The summed E-state index contributed by atoms with van der Waals surface area (Å²) in [5.74, 6) is 0.386. The predicted octanol–water partition coefficient (Wildman–Crippen LogP) is 9.44. The fourth-order valence-electron chi connectivity index (χ4n) is 6.33. The van der Waals surface area contributed by atoms with Crippen LogP contribution in [0.25, 0.3) is 44.3 Å². The topological polar surface area (TPSA) is 17.0 Å². The van der Waals surface area contributed by atoms with Gasteiger partial charge in [0.05, 0.1) is 11.1 Å². The van der Waals surface area contributed by atoms with Gasteiger partial charge in [-0.3, -0.25) is 0 Å². The van der Waals surface area contributed by atoms with Crippen molar-refractivity contribution in [2.75, 3.05) is 0 Å². The number of hydrogen-bond acceptors (Lipinski definition) is 1. The molecule has 0 radical (unpaired) electrons. The van der Waals surface area contributed by atoms with Crippen LogP contribution in [-0.4, -0.2) is 0 Å². The van der Waals surface area contributed by atoms with Gasteiger partial charge in [0.2, 0.25) is 5.69 Å². The number of aryl methyl sites for hydroxylation is 2. The Hall–Kier alpha value is -3.46. The molecule has 1 aliphatic rings. The van der Waals surface area contributed by atoms with E-state index in [2.05, 4.69) is 94.0 Å². The largest absolute Gasteiger partial charge is 0.454 e. The van der Waals surface area contributed by atoms with E-state index >= 15 is 4.39 Å². The third-order valence-electron chi connectivity index (χ3n) is 8.20. The van der Waals surface area contributed by atoms with E-state index < -0.39 is 0 Å². The van der Waals surface area contributed by atoms with E-state index in [-0.39, 0.29) is 11.2 Å². The van der Waals surface area contributed by atoms with Crippen LogP contribution in [0.2, 0.25) is 0 Å². The normalized spacial score (nSPS) is 14.7. The van der Waals surface area contributed by atoms with Gasteiger partial charge in [0.15, 0.2) is 6.20 Å². The van der Waals surface area contributed by atoms with Crippen LogP contribution in [0.1, 0.15) is 69.1 Å². The molecule has 0 spiro atoms. The first-order chi connectivity index (χ1) is 18.2. The lowest BCUT2D eigenvalue weighted by molar-refractivity contribution is -0.660. The Morgan fingerprint density at radius 3 is 2.21 bits per heavy atom. The first-order valence-electron chi connectivity index (χ1n) is 13.9. The molecule has 0 saturated heterocycles. The summed E-state index contributed by atoms with van der Waals surface area (Å²) in [6.45, 7) is 8.92. The molecule has 3 aromatic carbocycles. The SMILES string of the molecule is Cc1ccc2c(oc3c(-c4ccc(C5CCCC5)cc4)c(F)ccc32)c1-c1cc(CC(C)(C)C)cc[n+]1C. The Balaban J connectivity index is 1.53. The van der Waals surface area contributed by atoms with E-state index in [1.807, 2.05) is 6.07 Å². The summed E-state index contributed by atoms with van der Waals surface area (Å²) in [5, 5.41) is 1.97. The Labute approximate surface area is 225 Å². The van der Waals surface area contributed by atoms with Crippen molar-refractivity contribution in [3.63, 3.8) is 0 Å². The third-order valence-corrected chi connectivity index (χ3v) is 8.20. The Kier molecular flexibility index (Phi) is 6.13. The molecule has 38 heavy (non-hydrogen) atoms. The number of aromatic nitrogens is 1. The van der Waals surface area contributed by atoms with Crippen LogP contribution in [0.4, 0.5) is 4.39 Å². The highest BCUT2D eigenvalue weighted by Crippen LogP contribution is 2.42. The van der Waals surface area contributed by atoms with Crippen LogP contribution < -0.4 is 4.57 Å². The number of hydrogen-bond donors (Lipinski definition) is 0. The van der Waals surface area contributed by atoms with Gasteiger partial charge in [-0.2, -0.15) is 0 Å². The van der Waals surface area contributed by atoms with Gasteiger partial charge >= 0.3 is 0 Å². The van der Waals surface area contributed by atoms with Crippen LogP contribution >= 0.6 is 0 Å². The monoisotopic (exact) mass is 506 g/mol. The van der Waals surface area contributed by atoms with Gasteiger partial charge in [-0.1, -0.05) is 70.0 Å². The summed E-state index contributed by atoms with van der Waals surface area (Å²) < 4.78 is 24.3. The van der Waals surface area contributed by atoms with Crippen molar-refractivity contribution in [2.45, 2.75) is 65.7 Å². The lowest BCUT2D eigenvalue weighted by atomic mass is 9.88. The molecule has 1 fully saturated rings. The second-order valence-electron chi connectivity index (χ2n) is 12.4. The smallest absolute Gasteiger partial charge is 0.216 e. The summed E-state index contributed by atoms with van der Waals surface area (Å²) >= 11 is 0. The zero-order valence-corrected chi connectivity index (χ0v) is 23.2. The number of pyridine rings is 1. The highest BCUT2D eigenvalue weighted by atomic mass is 19.1. The number of furan rings is 1. The molecule has 5 aromatic rings.